The number of nitrogens with zero attached hydrogens (tertiary/aromatic N) is 1. The third-order valence-corrected chi connectivity index (χ3v) is 2.93. The van der Waals surface area contributed by atoms with Crippen molar-refractivity contribution in [2.45, 2.75) is 53.0 Å². The molecule has 0 radical (unpaired) electrons. The first-order valence-electron chi connectivity index (χ1n) is 6.11. The Morgan fingerprint density at radius 2 is 2.12 bits per heavy atom. The minimum atomic E-state index is 0.0866. The summed E-state index contributed by atoms with van der Waals surface area (Å²) in [7, 11) is 0. The minimum absolute atomic E-state index is 0.0866. The molecule has 1 aromatic heterocycles. The van der Waals surface area contributed by atoms with Crippen molar-refractivity contribution in [2.75, 3.05) is 6.54 Å². The Bertz CT molecular complexity index is 315. The Balaban J connectivity index is 2.52. The molecule has 3 nitrogen and oxygen atoms in total. The highest BCUT2D eigenvalue weighted by Gasteiger charge is 2.22. The van der Waals surface area contributed by atoms with Gasteiger partial charge in [0.2, 0.25) is 5.89 Å². The second kappa shape index (κ2) is 5.48. The molecule has 92 valence electrons. The first-order valence-corrected chi connectivity index (χ1v) is 6.11. The molecule has 0 aliphatic rings. The molecule has 0 bridgehead atoms. The van der Waals surface area contributed by atoms with Crippen molar-refractivity contribution in [1.29, 1.82) is 0 Å². The predicted molar refractivity (Wildman–Crippen MR) is 66.4 cm³/mol. The van der Waals surface area contributed by atoms with Gasteiger partial charge in [0.05, 0.1) is 12.7 Å². The zero-order valence-corrected chi connectivity index (χ0v) is 11.1. The van der Waals surface area contributed by atoms with Crippen LogP contribution in [0, 0.1) is 5.92 Å². The van der Waals surface area contributed by atoms with E-state index in [1.807, 2.05) is 6.20 Å². The number of hydrogen-bond donors (Lipinski definition) is 1. The lowest BCUT2D eigenvalue weighted by atomic mass is 9.88. The molecule has 0 saturated heterocycles. The second-order valence-corrected chi connectivity index (χ2v) is 5.38. The van der Waals surface area contributed by atoms with Gasteiger partial charge in [-0.05, 0) is 18.9 Å². The van der Waals surface area contributed by atoms with Crippen LogP contribution in [0.4, 0.5) is 0 Å². The number of oxazole rings is 1. The van der Waals surface area contributed by atoms with E-state index in [4.69, 9.17) is 4.42 Å². The fourth-order valence-corrected chi connectivity index (χ4v) is 1.35. The number of nitrogens with one attached hydrogen (secondary N) is 1. The minimum Gasteiger partial charge on any atom is -0.444 e. The van der Waals surface area contributed by atoms with Gasteiger partial charge in [-0.15, -0.1) is 0 Å². The molecule has 3 heteroatoms. The Morgan fingerprint density at radius 3 is 2.69 bits per heavy atom. The molecule has 0 atom stereocenters. The van der Waals surface area contributed by atoms with E-state index < -0.39 is 0 Å². The fourth-order valence-electron chi connectivity index (χ4n) is 1.35. The van der Waals surface area contributed by atoms with Crippen LogP contribution in [0.25, 0.3) is 0 Å². The largest absolute Gasteiger partial charge is 0.444 e. The predicted octanol–water partition coefficient (Wildman–Crippen LogP) is 3.11. The van der Waals surface area contributed by atoms with Gasteiger partial charge in [0, 0.05) is 5.41 Å². The topological polar surface area (TPSA) is 38.1 Å². The van der Waals surface area contributed by atoms with Gasteiger partial charge >= 0.3 is 0 Å². The van der Waals surface area contributed by atoms with Crippen molar-refractivity contribution in [2.24, 2.45) is 5.92 Å². The average molecular weight is 224 g/mol. The van der Waals surface area contributed by atoms with Gasteiger partial charge in [0.25, 0.3) is 0 Å². The van der Waals surface area contributed by atoms with Crippen molar-refractivity contribution in [1.82, 2.24) is 10.3 Å². The quantitative estimate of drug-likeness (QED) is 0.807. The Labute approximate surface area is 98.6 Å². The number of rotatable bonds is 6. The van der Waals surface area contributed by atoms with E-state index in [9.17, 15) is 0 Å². The van der Waals surface area contributed by atoms with Gasteiger partial charge in [0.1, 0.15) is 5.76 Å². The van der Waals surface area contributed by atoms with Gasteiger partial charge in [-0.1, -0.05) is 34.6 Å². The molecule has 0 aliphatic heterocycles. The summed E-state index contributed by atoms with van der Waals surface area (Å²) in [6, 6.07) is 0. The normalized spacial score (nSPS) is 12.4. The molecule has 0 aliphatic carbocycles. The second-order valence-electron chi connectivity index (χ2n) is 5.38. The summed E-state index contributed by atoms with van der Waals surface area (Å²) in [6.45, 7) is 12.6. The number of hydrogen-bond acceptors (Lipinski definition) is 3. The molecule has 0 spiro atoms. The Hall–Kier alpha value is -0.830. The third-order valence-electron chi connectivity index (χ3n) is 2.93. The highest BCUT2D eigenvalue weighted by atomic mass is 16.4. The van der Waals surface area contributed by atoms with Crippen LogP contribution in [0.2, 0.25) is 0 Å². The molecule has 0 aromatic carbocycles. The maximum Gasteiger partial charge on any atom is 0.208 e. The van der Waals surface area contributed by atoms with E-state index in [-0.39, 0.29) is 5.41 Å². The molecule has 0 unspecified atom stereocenters. The molecular formula is C13H24N2O. The van der Waals surface area contributed by atoms with E-state index in [1.165, 1.54) is 0 Å². The molecule has 0 saturated carbocycles. The summed E-state index contributed by atoms with van der Waals surface area (Å²) in [5.74, 6) is 2.43. The molecule has 1 aromatic rings. The Morgan fingerprint density at radius 1 is 1.44 bits per heavy atom. The van der Waals surface area contributed by atoms with Crippen LogP contribution >= 0.6 is 0 Å². The van der Waals surface area contributed by atoms with Gasteiger partial charge < -0.3 is 9.73 Å². The summed E-state index contributed by atoms with van der Waals surface area (Å²) in [5, 5.41) is 3.33. The van der Waals surface area contributed by atoms with E-state index in [1.54, 1.807) is 0 Å². The lowest BCUT2D eigenvalue weighted by Crippen LogP contribution is -2.19. The van der Waals surface area contributed by atoms with Crippen LogP contribution in [0.15, 0.2) is 10.6 Å². The lowest BCUT2D eigenvalue weighted by molar-refractivity contribution is 0.348. The molecule has 1 heterocycles. The Kier molecular flexibility index (Phi) is 4.54. The molecule has 1 N–H and O–H groups in total. The smallest absolute Gasteiger partial charge is 0.208 e. The molecule has 0 fully saturated rings. The van der Waals surface area contributed by atoms with Gasteiger partial charge in [-0.3, -0.25) is 0 Å². The van der Waals surface area contributed by atoms with Crippen LogP contribution < -0.4 is 5.32 Å². The van der Waals surface area contributed by atoms with Crippen LogP contribution in [-0.4, -0.2) is 11.5 Å². The standard InChI is InChI=1S/C13H24N2O/c1-6-13(4,5)11-8-15-12(16-11)9-14-7-10(2)3/h8,10,14H,6-7,9H2,1-5H3. The summed E-state index contributed by atoms with van der Waals surface area (Å²) in [6.07, 6.45) is 2.91. The zero-order chi connectivity index (χ0) is 12.2. The van der Waals surface area contributed by atoms with Crippen LogP contribution in [0.5, 0.6) is 0 Å². The third kappa shape index (κ3) is 3.63. The molecule has 0 amide bonds. The fraction of sp³-hybridized carbons (Fsp3) is 0.769. The highest BCUT2D eigenvalue weighted by molar-refractivity contribution is 5.07. The maximum absolute atomic E-state index is 5.75. The molecule has 16 heavy (non-hydrogen) atoms. The van der Waals surface area contributed by atoms with Crippen molar-refractivity contribution in [3.63, 3.8) is 0 Å². The van der Waals surface area contributed by atoms with Crippen molar-refractivity contribution in [3.8, 4) is 0 Å². The summed E-state index contributed by atoms with van der Waals surface area (Å²) in [4.78, 5) is 4.30. The molecular weight excluding hydrogens is 200 g/mol. The van der Waals surface area contributed by atoms with E-state index in [0.717, 1.165) is 31.2 Å². The maximum atomic E-state index is 5.75. The van der Waals surface area contributed by atoms with Gasteiger partial charge in [0.15, 0.2) is 0 Å². The molecule has 1 rings (SSSR count). The first kappa shape index (κ1) is 13.2. The van der Waals surface area contributed by atoms with Gasteiger partial charge in [-0.25, -0.2) is 4.98 Å². The SMILES string of the molecule is CCC(C)(C)c1cnc(CNCC(C)C)o1. The van der Waals surface area contributed by atoms with Crippen molar-refractivity contribution < 1.29 is 4.42 Å². The van der Waals surface area contributed by atoms with Gasteiger partial charge in [-0.2, -0.15) is 0 Å². The number of aromatic nitrogens is 1. The first-order chi connectivity index (χ1) is 7.45. The lowest BCUT2D eigenvalue weighted by Gasteiger charge is -2.18. The van der Waals surface area contributed by atoms with Crippen LogP contribution in [0.3, 0.4) is 0 Å². The highest BCUT2D eigenvalue weighted by Crippen LogP contribution is 2.26. The monoisotopic (exact) mass is 224 g/mol. The summed E-state index contributed by atoms with van der Waals surface area (Å²) >= 11 is 0. The summed E-state index contributed by atoms with van der Waals surface area (Å²) < 4.78 is 5.75. The summed E-state index contributed by atoms with van der Waals surface area (Å²) in [5.41, 5.74) is 0.0866. The van der Waals surface area contributed by atoms with Crippen molar-refractivity contribution >= 4 is 0 Å². The van der Waals surface area contributed by atoms with Crippen molar-refractivity contribution in [3.05, 3.63) is 17.8 Å². The van der Waals surface area contributed by atoms with Crippen LogP contribution in [0.1, 0.15) is 52.7 Å². The average Bonchev–Trinajstić information content (AvgIpc) is 2.66. The van der Waals surface area contributed by atoms with E-state index >= 15 is 0 Å². The van der Waals surface area contributed by atoms with E-state index in [0.29, 0.717) is 5.92 Å². The van der Waals surface area contributed by atoms with Crippen LogP contribution in [-0.2, 0) is 12.0 Å². The zero-order valence-electron chi connectivity index (χ0n) is 11.1. The van der Waals surface area contributed by atoms with E-state index in [2.05, 4.69) is 44.9 Å².